The third-order valence-corrected chi connectivity index (χ3v) is 2.69. The zero-order valence-corrected chi connectivity index (χ0v) is 11.6. The summed E-state index contributed by atoms with van der Waals surface area (Å²) in [4.78, 5) is 0. The average Bonchev–Trinajstić information content (AvgIpc) is 2.30. The molecule has 0 aliphatic heterocycles. The smallest absolute Gasteiger partial charge is 0.139 e. The highest BCUT2D eigenvalue weighted by molar-refractivity contribution is 6.34. The molecule has 0 spiro atoms. The van der Waals surface area contributed by atoms with Gasteiger partial charge in [0.05, 0.1) is 11.1 Å². The van der Waals surface area contributed by atoms with Crippen LogP contribution in [0.3, 0.4) is 0 Å². The monoisotopic (exact) mass is 293 g/mol. The van der Waals surface area contributed by atoms with E-state index in [4.69, 9.17) is 33.0 Å². The fourth-order valence-electron chi connectivity index (χ4n) is 1.29. The normalized spacial score (nSPS) is 14.3. The lowest BCUT2D eigenvalue weighted by Gasteiger charge is -2.14. The molecule has 0 aromatic heterocycles. The Balaban J connectivity index is 2.33. The van der Waals surface area contributed by atoms with E-state index in [0.717, 1.165) is 0 Å². The van der Waals surface area contributed by atoms with Crippen molar-refractivity contribution >= 4 is 23.2 Å². The van der Waals surface area contributed by atoms with Crippen molar-refractivity contribution in [3.8, 4) is 5.75 Å². The Morgan fingerprint density at radius 3 is 2.67 bits per heavy atom. The molecule has 0 saturated carbocycles. The molecule has 2 atom stereocenters. The summed E-state index contributed by atoms with van der Waals surface area (Å²) in [5.74, 6) is 0.443. The molecular weight excluding hydrogens is 277 g/mol. The molecule has 18 heavy (non-hydrogen) atoms. The second-order valence-corrected chi connectivity index (χ2v) is 4.89. The van der Waals surface area contributed by atoms with Crippen LogP contribution in [0.2, 0.25) is 10.0 Å². The van der Waals surface area contributed by atoms with E-state index < -0.39 is 12.2 Å². The third kappa shape index (κ3) is 5.89. The second kappa shape index (κ2) is 7.81. The SMILES string of the molecule is CC(O)CNCC(O)COc1cc(Cl)ccc1Cl. The number of rotatable bonds is 7. The molecule has 0 heterocycles. The highest BCUT2D eigenvalue weighted by Crippen LogP contribution is 2.27. The highest BCUT2D eigenvalue weighted by atomic mass is 35.5. The molecule has 0 aliphatic rings. The van der Waals surface area contributed by atoms with E-state index in [2.05, 4.69) is 5.32 Å². The molecule has 0 bridgehead atoms. The van der Waals surface area contributed by atoms with Crippen LogP contribution in [0.15, 0.2) is 18.2 Å². The lowest BCUT2D eigenvalue weighted by atomic mass is 10.3. The zero-order valence-electron chi connectivity index (χ0n) is 10.1. The molecule has 1 aromatic rings. The topological polar surface area (TPSA) is 61.7 Å². The van der Waals surface area contributed by atoms with E-state index >= 15 is 0 Å². The summed E-state index contributed by atoms with van der Waals surface area (Å²) >= 11 is 11.7. The fraction of sp³-hybridized carbons (Fsp3) is 0.500. The third-order valence-electron chi connectivity index (χ3n) is 2.14. The second-order valence-electron chi connectivity index (χ2n) is 4.05. The van der Waals surface area contributed by atoms with Gasteiger partial charge in [0.25, 0.3) is 0 Å². The van der Waals surface area contributed by atoms with Gasteiger partial charge >= 0.3 is 0 Å². The summed E-state index contributed by atoms with van der Waals surface area (Å²) in [6, 6.07) is 4.90. The van der Waals surface area contributed by atoms with Gasteiger partial charge in [-0.25, -0.2) is 0 Å². The molecule has 0 fully saturated rings. The molecule has 1 aromatic carbocycles. The van der Waals surface area contributed by atoms with Gasteiger partial charge in [-0.05, 0) is 19.1 Å². The molecule has 1 rings (SSSR count). The van der Waals surface area contributed by atoms with E-state index in [1.54, 1.807) is 25.1 Å². The molecule has 4 nitrogen and oxygen atoms in total. The van der Waals surface area contributed by atoms with Gasteiger partial charge in [0.1, 0.15) is 18.5 Å². The molecule has 3 N–H and O–H groups in total. The fourth-order valence-corrected chi connectivity index (χ4v) is 1.63. The van der Waals surface area contributed by atoms with Crippen LogP contribution in [0, 0.1) is 0 Å². The Morgan fingerprint density at radius 1 is 1.28 bits per heavy atom. The molecule has 102 valence electrons. The van der Waals surface area contributed by atoms with Crippen molar-refractivity contribution in [2.75, 3.05) is 19.7 Å². The van der Waals surface area contributed by atoms with Crippen LogP contribution in [0.4, 0.5) is 0 Å². The van der Waals surface area contributed by atoms with Gasteiger partial charge in [0.15, 0.2) is 0 Å². The summed E-state index contributed by atoms with van der Waals surface area (Å²) in [6.07, 6.45) is -1.13. The first kappa shape index (κ1) is 15.5. The van der Waals surface area contributed by atoms with Gasteiger partial charge in [-0.2, -0.15) is 0 Å². The van der Waals surface area contributed by atoms with Gasteiger partial charge in [-0.3, -0.25) is 0 Å². The molecular formula is C12H17Cl2NO3. The first-order chi connectivity index (χ1) is 8.49. The summed E-state index contributed by atoms with van der Waals surface area (Å²) in [6.45, 7) is 2.53. The average molecular weight is 294 g/mol. The Hall–Kier alpha value is -0.520. The van der Waals surface area contributed by atoms with Crippen molar-refractivity contribution < 1.29 is 14.9 Å². The highest BCUT2D eigenvalue weighted by Gasteiger charge is 2.08. The maximum Gasteiger partial charge on any atom is 0.139 e. The minimum Gasteiger partial charge on any atom is -0.489 e. The summed E-state index contributed by atoms with van der Waals surface area (Å²) < 4.78 is 5.37. The number of aliphatic hydroxyl groups is 2. The van der Waals surface area contributed by atoms with Gasteiger partial charge in [0.2, 0.25) is 0 Å². The van der Waals surface area contributed by atoms with Crippen LogP contribution in [0.1, 0.15) is 6.92 Å². The molecule has 2 unspecified atom stereocenters. The Kier molecular flexibility index (Phi) is 6.75. The molecule has 6 heteroatoms. The van der Waals surface area contributed by atoms with Crippen LogP contribution in [-0.4, -0.2) is 42.1 Å². The van der Waals surface area contributed by atoms with E-state index in [-0.39, 0.29) is 6.61 Å². The first-order valence-corrected chi connectivity index (χ1v) is 6.39. The van der Waals surface area contributed by atoms with Gasteiger partial charge in [-0.1, -0.05) is 23.2 Å². The Morgan fingerprint density at radius 2 is 2.00 bits per heavy atom. The van der Waals surface area contributed by atoms with E-state index in [0.29, 0.717) is 28.9 Å². The zero-order chi connectivity index (χ0) is 13.5. The van der Waals surface area contributed by atoms with Crippen molar-refractivity contribution in [3.05, 3.63) is 28.2 Å². The number of benzene rings is 1. The van der Waals surface area contributed by atoms with Gasteiger partial charge in [0, 0.05) is 24.2 Å². The Bertz CT molecular complexity index is 374. The largest absolute Gasteiger partial charge is 0.489 e. The lowest BCUT2D eigenvalue weighted by Crippen LogP contribution is -2.35. The molecule has 0 radical (unpaired) electrons. The number of nitrogens with one attached hydrogen (secondary N) is 1. The predicted molar refractivity (Wildman–Crippen MR) is 72.5 cm³/mol. The molecule has 0 aliphatic carbocycles. The van der Waals surface area contributed by atoms with Crippen LogP contribution >= 0.6 is 23.2 Å². The van der Waals surface area contributed by atoms with E-state index in [1.165, 1.54) is 0 Å². The summed E-state index contributed by atoms with van der Waals surface area (Å²) in [7, 11) is 0. The number of ether oxygens (including phenoxy) is 1. The molecule has 0 saturated heterocycles. The first-order valence-electron chi connectivity index (χ1n) is 5.63. The van der Waals surface area contributed by atoms with E-state index in [9.17, 15) is 5.11 Å². The van der Waals surface area contributed by atoms with Crippen molar-refractivity contribution in [2.24, 2.45) is 0 Å². The van der Waals surface area contributed by atoms with Crippen molar-refractivity contribution in [3.63, 3.8) is 0 Å². The number of aliphatic hydroxyl groups excluding tert-OH is 2. The minimum absolute atomic E-state index is 0.104. The minimum atomic E-state index is -0.682. The quantitative estimate of drug-likeness (QED) is 0.716. The van der Waals surface area contributed by atoms with Crippen LogP contribution < -0.4 is 10.1 Å². The lowest BCUT2D eigenvalue weighted by molar-refractivity contribution is 0.101. The van der Waals surface area contributed by atoms with Gasteiger partial charge < -0.3 is 20.3 Å². The maximum absolute atomic E-state index is 9.64. The van der Waals surface area contributed by atoms with E-state index in [1.807, 2.05) is 0 Å². The Labute approximate surface area is 116 Å². The van der Waals surface area contributed by atoms with Crippen molar-refractivity contribution in [2.45, 2.75) is 19.1 Å². The standard InChI is InChI=1S/C12H17Cl2NO3/c1-8(16)5-15-6-10(17)7-18-12-4-9(13)2-3-11(12)14/h2-4,8,10,15-17H,5-7H2,1H3. The van der Waals surface area contributed by atoms with Crippen LogP contribution in [0.25, 0.3) is 0 Å². The molecule has 0 amide bonds. The van der Waals surface area contributed by atoms with Crippen molar-refractivity contribution in [1.82, 2.24) is 5.32 Å². The number of halogens is 2. The van der Waals surface area contributed by atoms with Crippen LogP contribution in [-0.2, 0) is 0 Å². The van der Waals surface area contributed by atoms with Crippen LogP contribution in [0.5, 0.6) is 5.75 Å². The summed E-state index contributed by atoms with van der Waals surface area (Å²) in [5.41, 5.74) is 0. The number of hydrogen-bond donors (Lipinski definition) is 3. The number of hydrogen-bond acceptors (Lipinski definition) is 4. The predicted octanol–water partition coefficient (Wildman–Crippen LogP) is 1.70. The van der Waals surface area contributed by atoms with Gasteiger partial charge in [-0.15, -0.1) is 0 Å². The van der Waals surface area contributed by atoms with Crippen molar-refractivity contribution in [1.29, 1.82) is 0 Å². The summed E-state index contributed by atoms with van der Waals surface area (Å²) in [5, 5.41) is 22.6. The maximum atomic E-state index is 9.64.